The van der Waals surface area contributed by atoms with Gasteiger partial charge in [-0.05, 0) is 63.4 Å². The van der Waals surface area contributed by atoms with Gasteiger partial charge < -0.3 is 19.9 Å². The Labute approximate surface area is 235 Å². The van der Waals surface area contributed by atoms with Gasteiger partial charge in [0.2, 0.25) is 0 Å². The number of hydrogen-bond donors (Lipinski definition) is 2. The van der Waals surface area contributed by atoms with E-state index in [9.17, 15) is 4.79 Å². The van der Waals surface area contributed by atoms with E-state index in [1.165, 1.54) is 25.6 Å². The van der Waals surface area contributed by atoms with Gasteiger partial charge in [-0.2, -0.15) is 0 Å². The molecule has 4 heterocycles. The zero-order valence-electron chi connectivity index (χ0n) is 23.5. The lowest BCUT2D eigenvalue weighted by Crippen LogP contribution is -2.47. The summed E-state index contributed by atoms with van der Waals surface area (Å²) in [5, 5.41) is 6.20. The fourth-order valence-corrected chi connectivity index (χ4v) is 6.12. The molecule has 2 amide bonds. The number of alkyl halides is 2. The molecule has 2 N–H and O–H groups in total. The number of benzene rings is 1. The lowest BCUT2D eigenvalue weighted by Gasteiger charge is -2.37. The van der Waals surface area contributed by atoms with Crippen LogP contribution >= 0.6 is 0 Å². The van der Waals surface area contributed by atoms with Gasteiger partial charge in [0.05, 0.1) is 12.1 Å². The van der Waals surface area contributed by atoms with Crippen molar-refractivity contribution in [3.63, 3.8) is 0 Å². The molecule has 1 aromatic carbocycles. The Morgan fingerprint density at radius 2 is 1.90 bits per heavy atom. The maximum absolute atomic E-state index is 15.6. The summed E-state index contributed by atoms with van der Waals surface area (Å²) in [5.41, 5.74) is 1.64. The summed E-state index contributed by atoms with van der Waals surface area (Å²) in [5.74, 6) is -2.42. The average molecular weight is 557 g/mol. The van der Waals surface area contributed by atoms with E-state index in [0.717, 1.165) is 50.0 Å². The number of likely N-dealkylation sites (tertiary alicyclic amines) is 1. The largest absolute Gasteiger partial charge is 0.381 e. The van der Waals surface area contributed by atoms with E-state index in [1.807, 2.05) is 11.0 Å². The lowest BCUT2D eigenvalue weighted by molar-refractivity contribution is -0.0855. The van der Waals surface area contributed by atoms with Crippen LogP contribution in [0.1, 0.15) is 75.0 Å². The number of nitrogens with one attached hydrogen (secondary N) is 2. The summed E-state index contributed by atoms with van der Waals surface area (Å²) in [6.07, 6.45) is 8.84. The third-order valence-corrected chi connectivity index (χ3v) is 8.59. The number of fused-ring (bicyclic) bond motifs is 1. The van der Waals surface area contributed by atoms with Gasteiger partial charge in [0.15, 0.2) is 0 Å². The van der Waals surface area contributed by atoms with Crippen molar-refractivity contribution in [2.24, 2.45) is 5.92 Å². The van der Waals surface area contributed by atoms with Gasteiger partial charge in [0.25, 0.3) is 5.92 Å². The molecule has 0 radical (unpaired) electrons. The van der Waals surface area contributed by atoms with Crippen LogP contribution in [0.5, 0.6) is 0 Å². The van der Waals surface area contributed by atoms with E-state index in [4.69, 9.17) is 4.74 Å². The summed E-state index contributed by atoms with van der Waals surface area (Å²) in [6.45, 7) is 6.71. The van der Waals surface area contributed by atoms with Crippen molar-refractivity contribution < 1.29 is 18.3 Å². The zero-order valence-corrected chi connectivity index (χ0v) is 23.5. The Kier molecular flexibility index (Phi) is 9.47. The van der Waals surface area contributed by atoms with E-state index in [0.29, 0.717) is 50.8 Å². The topological polar surface area (TPSA) is 82.6 Å². The zero-order chi connectivity index (χ0) is 28.0. The molecule has 10 heteroatoms. The smallest absolute Gasteiger partial charge is 0.323 e. The number of rotatable bonds is 11. The summed E-state index contributed by atoms with van der Waals surface area (Å²) in [7, 11) is 0. The molecule has 8 nitrogen and oxygen atoms in total. The molecule has 0 unspecified atom stereocenters. The average Bonchev–Trinajstić information content (AvgIpc) is 2.98. The summed E-state index contributed by atoms with van der Waals surface area (Å²) >= 11 is 0. The van der Waals surface area contributed by atoms with E-state index in [-0.39, 0.29) is 17.6 Å². The van der Waals surface area contributed by atoms with Gasteiger partial charge >= 0.3 is 6.03 Å². The number of carbonyl (C=O) groups excluding carboxylic acids is 1. The number of amides is 2. The molecule has 0 aliphatic carbocycles. The third kappa shape index (κ3) is 6.71. The van der Waals surface area contributed by atoms with E-state index in [2.05, 4.69) is 32.4 Å². The second-order valence-electron chi connectivity index (χ2n) is 11.3. The minimum atomic E-state index is -2.87. The number of hydrogen-bond acceptors (Lipinski definition) is 6. The number of nitrogens with zero attached hydrogens (tertiary/aromatic N) is 4. The molecule has 3 aliphatic heterocycles. The van der Waals surface area contributed by atoms with Crippen LogP contribution in [0.25, 0.3) is 0 Å². The van der Waals surface area contributed by atoms with Crippen molar-refractivity contribution in [3.8, 4) is 0 Å². The maximum Gasteiger partial charge on any atom is 0.323 e. The normalized spacial score (nSPS) is 19.4. The van der Waals surface area contributed by atoms with Crippen molar-refractivity contribution in [2.75, 3.05) is 43.5 Å². The fraction of sp³-hybridized carbons (Fsp3) is 0.633. The highest BCUT2D eigenvalue weighted by Gasteiger charge is 2.42. The van der Waals surface area contributed by atoms with Crippen LogP contribution in [-0.4, -0.2) is 64.7 Å². The van der Waals surface area contributed by atoms with Gasteiger partial charge in [0.1, 0.15) is 18.0 Å². The summed E-state index contributed by atoms with van der Waals surface area (Å²) < 4.78 is 36.7. The van der Waals surface area contributed by atoms with E-state index >= 15 is 8.78 Å². The van der Waals surface area contributed by atoms with Crippen LogP contribution in [0.3, 0.4) is 0 Å². The van der Waals surface area contributed by atoms with Gasteiger partial charge in [-0.3, -0.25) is 5.32 Å². The number of unbranched alkanes of at least 4 members (excludes halogenated alkanes) is 3. The fourth-order valence-electron chi connectivity index (χ4n) is 6.12. The molecule has 0 saturated carbocycles. The van der Waals surface area contributed by atoms with Crippen molar-refractivity contribution in [1.29, 1.82) is 0 Å². The van der Waals surface area contributed by atoms with E-state index < -0.39 is 11.8 Å². The first-order valence-electron chi connectivity index (χ1n) is 14.9. The van der Waals surface area contributed by atoms with Gasteiger partial charge in [-0.15, -0.1) is 0 Å². The maximum atomic E-state index is 15.6. The Bertz CT molecular complexity index is 1130. The summed E-state index contributed by atoms with van der Waals surface area (Å²) in [6, 6.07) is 6.67. The molecule has 0 bridgehead atoms. The molecule has 0 atom stereocenters. The van der Waals surface area contributed by atoms with Crippen molar-refractivity contribution in [2.45, 2.75) is 83.3 Å². The first-order valence-corrected chi connectivity index (χ1v) is 14.9. The minimum Gasteiger partial charge on any atom is -0.381 e. The highest BCUT2D eigenvalue weighted by molar-refractivity contribution is 5.92. The highest BCUT2D eigenvalue weighted by Crippen LogP contribution is 2.42. The lowest BCUT2D eigenvalue weighted by atomic mass is 9.86. The Balaban J connectivity index is 1.20. The first-order chi connectivity index (χ1) is 19.5. The number of carbonyl (C=O) groups is 1. The molecule has 40 heavy (non-hydrogen) atoms. The molecular formula is C30H42F2N6O2. The third-order valence-electron chi connectivity index (χ3n) is 8.59. The van der Waals surface area contributed by atoms with Gasteiger partial charge in [-0.25, -0.2) is 23.5 Å². The van der Waals surface area contributed by atoms with Crippen LogP contribution in [-0.2, 0) is 23.7 Å². The van der Waals surface area contributed by atoms with Crippen LogP contribution in [0.4, 0.5) is 25.2 Å². The number of ether oxygens (including phenoxy) is 1. The second-order valence-corrected chi connectivity index (χ2v) is 11.3. The SMILES string of the molecule is CCCCCCN1CCC(C(F)(F)c2cccc(CNc3ncnc4c3CN(C3CCOCC3)C(=O)N4)c2)CC1. The minimum absolute atomic E-state index is 0.0795. The van der Waals surface area contributed by atoms with Gasteiger partial charge in [0, 0.05) is 37.3 Å². The van der Waals surface area contributed by atoms with Crippen LogP contribution < -0.4 is 10.6 Å². The number of anilines is 2. The number of aromatic nitrogens is 2. The molecule has 2 aromatic rings. The number of halogens is 2. The molecule has 5 rings (SSSR count). The molecule has 1 aromatic heterocycles. The highest BCUT2D eigenvalue weighted by atomic mass is 19.3. The summed E-state index contributed by atoms with van der Waals surface area (Å²) in [4.78, 5) is 25.6. The predicted molar refractivity (Wildman–Crippen MR) is 151 cm³/mol. The molecule has 2 fully saturated rings. The quantitative estimate of drug-likeness (QED) is 0.331. The standard InChI is InChI=1S/C30H42F2N6O2/c1-2-3-4-5-13-37-14-9-23(10-15-37)30(31,32)24-8-6-7-22(18-24)19-33-27-26-20-38(25-11-16-40-17-12-25)29(39)36-28(26)35-21-34-27/h6-8,18,21,23,25H,2-5,9-17,19-20H2,1H3,(H2,33,34,35,36,39). The van der Waals surface area contributed by atoms with Gasteiger partial charge in [-0.1, -0.05) is 44.4 Å². The van der Waals surface area contributed by atoms with Crippen LogP contribution in [0.15, 0.2) is 30.6 Å². The second kappa shape index (κ2) is 13.2. The predicted octanol–water partition coefficient (Wildman–Crippen LogP) is 6.00. The first kappa shape index (κ1) is 28.7. The van der Waals surface area contributed by atoms with Crippen molar-refractivity contribution >= 4 is 17.7 Å². The molecule has 3 aliphatic rings. The molecular weight excluding hydrogens is 514 g/mol. The van der Waals surface area contributed by atoms with E-state index in [1.54, 1.807) is 18.2 Å². The Morgan fingerprint density at radius 1 is 1.10 bits per heavy atom. The van der Waals surface area contributed by atoms with Crippen LogP contribution in [0, 0.1) is 5.92 Å². The van der Waals surface area contributed by atoms with Crippen molar-refractivity contribution in [1.82, 2.24) is 19.8 Å². The van der Waals surface area contributed by atoms with Crippen molar-refractivity contribution in [3.05, 3.63) is 47.3 Å². The number of piperidine rings is 1. The molecule has 218 valence electrons. The number of urea groups is 1. The molecule has 2 saturated heterocycles. The Morgan fingerprint density at radius 3 is 2.67 bits per heavy atom. The Hall–Kier alpha value is -2.85. The monoisotopic (exact) mass is 556 g/mol. The van der Waals surface area contributed by atoms with Crippen LogP contribution in [0.2, 0.25) is 0 Å². The molecule has 0 spiro atoms.